The molecule has 2 N–H and O–H groups in total. The molecule has 1 saturated heterocycles. The van der Waals surface area contributed by atoms with Crippen LogP contribution in [0.3, 0.4) is 0 Å². The Kier molecular flexibility index (Phi) is 27.6. The van der Waals surface area contributed by atoms with Gasteiger partial charge in [0, 0.05) is 114 Å². The van der Waals surface area contributed by atoms with Crippen molar-refractivity contribution in [2.75, 3.05) is 14.2 Å². The number of halogens is 5. The number of benzene rings is 3. The second-order valence-corrected chi connectivity index (χ2v) is 27.8. The largest absolute Gasteiger partial charge is 1.00 e. The molecule has 13 rings (SSSR count). The fourth-order valence-electron chi connectivity index (χ4n) is 12.2. The number of methoxy groups -OCH3 is 2. The van der Waals surface area contributed by atoms with Crippen LogP contribution in [-0.2, 0) is 39.9 Å². The molecular weight excluding hydrogens is 1540 g/mol. The average molecular weight is 1620 g/mol. The van der Waals surface area contributed by atoms with Gasteiger partial charge in [-0.15, -0.1) is 0 Å². The van der Waals surface area contributed by atoms with E-state index in [-0.39, 0.29) is 65.6 Å². The van der Waals surface area contributed by atoms with Crippen molar-refractivity contribution in [2.45, 2.75) is 141 Å². The maximum Gasteiger partial charge on any atom is 1.00 e. The molecule has 0 bridgehead atoms. The van der Waals surface area contributed by atoms with Crippen molar-refractivity contribution in [1.82, 2.24) is 43.6 Å². The van der Waals surface area contributed by atoms with Crippen LogP contribution in [0, 0.1) is 3.83 Å². The maximum absolute atomic E-state index is 12.0. The van der Waals surface area contributed by atoms with Gasteiger partial charge in [-0.25, -0.2) is 44.3 Å². The van der Waals surface area contributed by atoms with E-state index in [2.05, 4.69) is 131 Å². The topological polar surface area (TPSA) is 230 Å². The first-order valence-corrected chi connectivity index (χ1v) is 33.6. The van der Waals surface area contributed by atoms with Gasteiger partial charge in [0.15, 0.2) is 15.5 Å². The molecule has 4 aliphatic rings. The molecule has 6 aromatic heterocycles. The molecule has 9 aromatic rings. The molecule has 1 aliphatic heterocycles. The van der Waals surface area contributed by atoms with Gasteiger partial charge in [0.05, 0.1) is 71.5 Å². The van der Waals surface area contributed by atoms with Gasteiger partial charge in [-0.3, -0.25) is 0 Å². The molecule has 18 nitrogen and oxygen atoms in total. The predicted molar refractivity (Wildman–Crippen MR) is 376 cm³/mol. The third kappa shape index (κ3) is 17.1. The third-order valence-electron chi connectivity index (χ3n) is 17.6. The quantitative estimate of drug-likeness (QED) is 0.0645. The number of carbonyl (C=O) groups is 3. The molecular formula is C66H76BBr4IN9NaO9. The molecule has 0 radical (unpaired) electrons. The first kappa shape index (κ1) is 75.6. The van der Waals surface area contributed by atoms with Crippen molar-refractivity contribution in [3.05, 3.63) is 147 Å². The summed E-state index contributed by atoms with van der Waals surface area (Å²) in [7, 11) is 9.27. The van der Waals surface area contributed by atoms with Crippen LogP contribution >= 0.6 is 86.3 Å². The summed E-state index contributed by atoms with van der Waals surface area (Å²) in [4.78, 5) is 60.9. The molecule has 7 heterocycles. The predicted octanol–water partition coefficient (Wildman–Crippen LogP) is 14.1. The summed E-state index contributed by atoms with van der Waals surface area (Å²) in [5, 5.41) is 12.9. The number of rotatable bonds is 8. The summed E-state index contributed by atoms with van der Waals surface area (Å²) in [6.07, 6.45) is 25.3. The molecule has 0 atom stereocenters. The van der Waals surface area contributed by atoms with Crippen LogP contribution in [0.1, 0.15) is 178 Å². The van der Waals surface area contributed by atoms with Crippen molar-refractivity contribution in [1.29, 1.82) is 0 Å². The molecule has 4 fully saturated rings. The van der Waals surface area contributed by atoms with Crippen molar-refractivity contribution in [2.24, 2.45) is 21.1 Å². The van der Waals surface area contributed by atoms with Gasteiger partial charge < -0.3 is 43.1 Å². The minimum absolute atomic E-state index is 0. The van der Waals surface area contributed by atoms with Crippen molar-refractivity contribution < 1.29 is 73.3 Å². The zero-order valence-electron chi connectivity index (χ0n) is 52.3. The third-order valence-corrected chi connectivity index (χ3v) is 20.3. The van der Waals surface area contributed by atoms with Gasteiger partial charge >= 0.3 is 55.2 Å². The van der Waals surface area contributed by atoms with Gasteiger partial charge in [-0.05, 0) is 201 Å². The Bertz CT molecular complexity index is 3950. The number of hydrogen-bond donors (Lipinski definition) is 1. The number of ether oxygens (including phenoxy) is 2. The van der Waals surface area contributed by atoms with Crippen molar-refractivity contribution in [3.63, 3.8) is 0 Å². The van der Waals surface area contributed by atoms with E-state index < -0.39 is 5.97 Å². The van der Waals surface area contributed by atoms with E-state index in [4.69, 9.17) is 18.8 Å². The van der Waals surface area contributed by atoms with Crippen molar-refractivity contribution >= 4 is 145 Å². The average Bonchev–Trinajstić information content (AvgIpc) is 1.63. The molecule has 3 aliphatic carbocycles. The molecule has 3 saturated carbocycles. The first-order chi connectivity index (χ1) is 42.0. The van der Waals surface area contributed by atoms with Crippen LogP contribution in [0.15, 0.2) is 110 Å². The van der Waals surface area contributed by atoms with Gasteiger partial charge in [0.25, 0.3) is 0 Å². The fourth-order valence-corrected chi connectivity index (χ4v) is 13.8. The second-order valence-electron chi connectivity index (χ2n) is 23.4. The molecule has 25 heteroatoms. The minimum Gasteiger partial charge on any atom is -0.870 e. The number of carboxylic acid groups (broad SMARTS) is 1. The number of nitrogens with zero attached hydrogens (tertiary/aromatic N) is 9. The number of esters is 2. The second kappa shape index (κ2) is 33.3. The van der Waals surface area contributed by atoms with E-state index in [1.165, 1.54) is 106 Å². The normalized spacial score (nSPS) is 15.7. The molecule has 0 spiro atoms. The van der Waals surface area contributed by atoms with E-state index in [1.807, 2.05) is 89.8 Å². The minimum atomic E-state index is -0.910. The van der Waals surface area contributed by atoms with E-state index in [0.717, 1.165) is 68.0 Å². The Labute approximate surface area is 602 Å². The monoisotopic (exact) mass is 1620 g/mol. The smallest absolute Gasteiger partial charge is 0.870 e. The van der Waals surface area contributed by atoms with Crippen LogP contribution in [0.5, 0.6) is 0 Å². The maximum atomic E-state index is 12.0. The summed E-state index contributed by atoms with van der Waals surface area (Å²) in [5.74, 6) is 1.49. The van der Waals surface area contributed by atoms with Crippen LogP contribution < -0.4 is 29.6 Å². The first-order valence-electron chi connectivity index (χ1n) is 29.3. The van der Waals surface area contributed by atoms with Crippen LogP contribution in [0.25, 0.3) is 55.7 Å². The Morgan fingerprint density at radius 2 is 0.846 bits per heavy atom. The van der Waals surface area contributed by atoms with E-state index in [9.17, 15) is 19.5 Å². The fraction of sp³-hybridized carbons (Fsp3) is 0.409. The number of aryl methyl sites for hydroxylation is 3. The number of aromatic nitrogens is 9. The molecule has 478 valence electrons. The summed E-state index contributed by atoms with van der Waals surface area (Å²) in [5.41, 5.74) is 10.2. The molecule has 0 amide bonds. The summed E-state index contributed by atoms with van der Waals surface area (Å²) in [6.45, 7) is 8.17. The van der Waals surface area contributed by atoms with E-state index >= 15 is 0 Å². The molecule has 91 heavy (non-hydrogen) atoms. The summed E-state index contributed by atoms with van der Waals surface area (Å²) in [6, 6.07) is 17.0. The van der Waals surface area contributed by atoms with Crippen LogP contribution in [0.2, 0.25) is 0 Å². The summed E-state index contributed by atoms with van der Waals surface area (Å²) >= 11 is 15.8. The van der Waals surface area contributed by atoms with Gasteiger partial charge in [-0.1, -0.05) is 64.2 Å². The van der Waals surface area contributed by atoms with Gasteiger partial charge in [0.2, 0.25) is 0 Å². The molecule has 3 aromatic carbocycles. The zero-order chi connectivity index (χ0) is 63.2. The number of fused-ring (bicyclic) bond motifs is 3. The standard InChI is InChI=1S/C20H20BrN3O2.C19H18BrN3O2.C16H18BrNO2.C6H13BO2.C4H2BrIN2.CH4.Na.H2O/c1-24-16-9-13(20(25)26-2)7-8-15(16)17(12-5-3-4-6-12)18(24)19-22-10-14(21)11-23-19;1-23-15-8-12(19(24)25)6-7-14(15)16(11-4-2-3-5-11)17(23)18-21-9-13(20)10-22-18;1-18-13-9-11(16(19)20-2)7-8-12(13)14(15(18)17)10-5-3-4-6-10;1-5(2)6(3,4)9-7-8-5;5-3-1-7-4(6)8-2-3;;;/h7-12H,3-6H2,1-2H3;6-11H,2-5H2,1H3,(H,24,25);7-10H,3-6H2,1-2H3;7H,1-4H3;1-2H;1H4;;1H2/q;;;;;;+1;/p-1. The number of carboxylic acids is 1. The Balaban J connectivity index is 0.000000190. The van der Waals surface area contributed by atoms with Gasteiger partial charge in [-0.2, -0.15) is 0 Å². The van der Waals surface area contributed by atoms with Crippen LogP contribution in [-0.4, -0.2) is 105 Å². The Hall–Kier alpha value is -4.48. The zero-order valence-corrected chi connectivity index (χ0v) is 62.8. The Morgan fingerprint density at radius 1 is 0.538 bits per heavy atom. The summed E-state index contributed by atoms with van der Waals surface area (Å²) < 4.78 is 31.1. The Morgan fingerprint density at radius 3 is 1.16 bits per heavy atom. The molecule has 0 unspecified atom stereocenters. The van der Waals surface area contributed by atoms with Gasteiger partial charge in [0.1, 0.15) is 0 Å². The van der Waals surface area contributed by atoms with Crippen LogP contribution in [0.4, 0.5) is 0 Å². The SMILES string of the molecule is Brc1cnc(I)nc1.C.CC1(C)OBOC1(C)C.COC(=O)c1ccc2c(C3CCCC3)c(-c3ncc(Br)cn3)n(C)c2c1.COC(=O)c1ccc2c(C3CCCC3)c(Br)n(C)c2c1.Cn1c(-c2ncc(Br)cn2)c(C2CCCC2)c2ccc(C(=O)O)cc21.[Na+].[OH-]. The van der Waals surface area contributed by atoms with E-state index in [0.29, 0.717) is 53.8 Å². The number of aromatic carboxylic acids is 1. The van der Waals surface area contributed by atoms with Crippen molar-refractivity contribution in [3.8, 4) is 23.0 Å². The number of carbonyl (C=O) groups excluding carboxylic acids is 2. The number of hydrogen-bond acceptors (Lipinski definition) is 14. The van der Waals surface area contributed by atoms with E-state index in [1.54, 1.807) is 49.3 Å².